The van der Waals surface area contributed by atoms with Gasteiger partial charge in [-0.1, -0.05) is 0 Å². The maximum Gasteiger partial charge on any atom is 0.141 e. The maximum atomic E-state index is 13.1. The van der Waals surface area contributed by atoms with Gasteiger partial charge in [-0.2, -0.15) is 0 Å². The van der Waals surface area contributed by atoms with E-state index in [1.54, 1.807) is 6.07 Å². The van der Waals surface area contributed by atoms with E-state index in [4.69, 9.17) is 11.6 Å². The molecule has 0 unspecified atom stereocenters. The fraction of sp³-hybridized carbons (Fsp3) is 0.111. The van der Waals surface area contributed by atoms with Crippen molar-refractivity contribution in [2.45, 2.75) is 5.88 Å². The molecule has 0 N–H and O–H groups in total. The number of thiophene rings is 1. The monoisotopic (exact) mass is 218 g/mol. The van der Waals surface area contributed by atoms with E-state index in [9.17, 15) is 8.78 Å². The minimum absolute atomic E-state index is 0.290. The van der Waals surface area contributed by atoms with E-state index >= 15 is 0 Å². The summed E-state index contributed by atoms with van der Waals surface area (Å²) in [5.41, 5.74) is 0. The zero-order valence-corrected chi connectivity index (χ0v) is 8.05. The zero-order valence-electron chi connectivity index (χ0n) is 6.48. The summed E-state index contributed by atoms with van der Waals surface area (Å²) in [6.07, 6.45) is 0. The van der Waals surface area contributed by atoms with Gasteiger partial charge in [0.2, 0.25) is 0 Å². The highest BCUT2D eigenvalue weighted by molar-refractivity contribution is 7.19. The van der Waals surface area contributed by atoms with Crippen LogP contribution >= 0.6 is 22.9 Å². The van der Waals surface area contributed by atoms with Crippen molar-refractivity contribution in [3.63, 3.8) is 0 Å². The Bertz CT molecular complexity index is 411. The number of rotatable bonds is 1. The molecule has 0 spiro atoms. The Kier molecular flexibility index (Phi) is 2.22. The van der Waals surface area contributed by atoms with Crippen LogP contribution in [0.25, 0.3) is 10.1 Å². The average molecular weight is 219 g/mol. The molecule has 68 valence electrons. The largest absolute Gasteiger partial charge is 0.206 e. The van der Waals surface area contributed by atoms with Crippen LogP contribution in [0.2, 0.25) is 0 Å². The minimum Gasteiger partial charge on any atom is -0.206 e. The highest BCUT2D eigenvalue weighted by Gasteiger charge is 2.09. The fourth-order valence-corrected chi connectivity index (χ4v) is 2.34. The van der Waals surface area contributed by atoms with Crippen molar-refractivity contribution in [3.8, 4) is 0 Å². The molecule has 0 aliphatic rings. The van der Waals surface area contributed by atoms with Crippen molar-refractivity contribution >= 4 is 33.0 Å². The van der Waals surface area contributed by atoms with Crippen LogP contribution in [0.5, 0.6) is 0 Å². The Labute approximate surface area is 82.8 Å². The van der Waals surface area contributed by atoms with Gasteiger partial charge in [0, 0.05) is 10.3 Å². The molecular formula is C9H5ClF2S. The third kappa shape index (κ3) is 1.42. The van der Waals surface area contributed by atoms with Crippen LogP contribution in [-0.4, -0.2) is 0 Å². The molecule has 0 aliphatic carbocycles. The van der Waals surface area contributed by atoms with Crippen LogP contribution in [0.3, 0.4) is 0 Å². The van der Waals surface area contributed by atoms with Gasteiger partial charge in [-0.3, -0.25) is 0 Å². The third-order valence-corrected chi connectivity index (χ3v) is 3.35. The molecule has 0 aliphatic heterocycles. The molecule has 0 amide bonds. The molecule has 1 heterocycles. The fourth-order valence-electron chi connectivity index (χ4n) is 1.17. The Morgan fingerprint density at radius 3 is 2.54 bits per heavy atom. The SMILES string of the molecule is Fc1ccc(F)c2sc(CCl)cc12. The van der Waals surface area contributed by atoms with Crippen molar-refractivity contribution < 1.29 is 8.78 Å². The second-order valence-electron chi connectivity index (χ2n) is 2.62. The average Bonchev–Trinajstić information content (AvgIpc) is 2.56. The lowest BCUT2D eigenvalue weighted by Gasteiger charge is -1.91. The van der Waals surface area contributed by atoms with Crippen LogP contribution in [0.4, 0.5) is 8.78 Å². The van der Waals surface area contributed by atoms with Crippen LogP contribution < -0.4 is 0 Å². The number of alkyl halides is 1. The predicted molar refractivity (Wildman–Crippen MR) is 51.3 cm³/mol. The third-order valence-electron chi connectivity index (χ3n) is 1.77. The van der Waals surface area contributed by atoms with Crippen molar-refractivity contribution in [2.75, 3.05) is 0 Å². The highest BCUT2D eigenvalue weighted by Crippen LogP contribution is 2.30. The standard InChI is InChI=1S/C9H5ClF2S/c10-4-5-3-6-7(11)1-2-8(12)9(6)13-5/h1-3H,4H2. The first-order valence-corrected chi connectivity index (χ1v) is 5.00. The van der Waals surface area contributed by atoms with Crippen LogP contribution in [0.1, 0.15) is 4.88 Å². The Hall–Kier alpha value is -0.670. The van der Waals surface area contributed by atoms with Crippen LogP contribution in [0, 0.1) is 11.6 Å². The van der Waals surface area contributed by atoms with Gasteiger partial charge < -0.3 is 0 Å². The van der Waals surface area contributed by atoms with E-state index in [-0.39, 0.29) is 5.88 Å². The molecule has 1 aromatic heterocycles. The quantitative estimate of drug-likeness (QED) is 0.637. The van der Waals surface area contributed by atoms with Gasteiger partial charge in [0.1, 0.15) is 11.6 Å². The summed E-state index contributed by atoms with van der Waals surface area (Å²) in [4.78, 5) is 0.778. The molecule has 0 atom stereocenters. The molecule has 0 radical (unpaired) electrons. The van der Waals surface area contributed by atoms with Gasteiger partial charge in [-0.25, -0.2) is 8.78 Å². The molecule has 13 heavy (non-hydrogen) atoms. The molecule has 1 aromatic carbocycles. The Morgan fingerprint density at radius 1 is 1.23 bits per heavy atom. The topological polar surface area (TPSA) is 0 Å². The first kappa shape index (κ1) is 8.91. The van der Waals surface area contributed by atoms with Crippen LogP contribution in [-0.2, 0) is 5.88 Å². The molecular weight excluding hydrogens is 214 g/mol. The molecule has 0 saturated heterocycles. The van der Waals surface area contributed by atoms with Crippen molar-refractivity contribution in [2.24, 2.45) is 0 Å². The normalized spacial score (nSPS) is 11.0. The van der Waals surface area contributed by atoms with Gasteiger partial charge in [-0.15, -0.1) is 22.9 Å². The van der Waals surface area contributed by atoms with Gasteiger partial charge in [-0.05, 0) is 18.2 Å². The summed E-state index contributed by atoms with van der Waals surface area (Å²) in [6, 6.07) is 3.85. The molecule has 2 aromatic rings. The first-order valence-electron chi connectivity index (χ1n) is 3.65. The summed E-state index contributed by atoms with van der Waals surface area (Å²) < 4.78 is 26.6. The van der Waals surface area contributed by atoms with E-state index in [1.807, 2.05) is 0 Å². The van der Waals surface area contributed by atoms with Gasteiger partial charge in [0.25, 0.3) is 0 Å². The lowest BCUT2D eigenvalue weighted by Crippen LogP contribution is -1.77. The molecule has 4 heteroatoms. The maximum absolute atomic E-state index is 13.1. The highest BCUT2D eigenvalue weighted by atomic mass is 35.5. The van der Waals surface area contributed by atoms with E-state index < -0.39 is 11.6 Å². The smallest absolute Gasteiger partial charge is 0.141 e. The number of halogens is 3. The first-order chi connectivity index (χ1) is 6.22. The van der Waals surface area contributed by atoms with E-state index in [0.717, 1.165) is 17.0 Å². The molecule has 0 fully saturated rings. The van der Waals surface area contributed by atoms with Crippen LogP contribution in [0.15, 0.2) is 18.2 Å². The number of hydrogen-bond acceptors (Lipinski definition) is 1. The summed E-state index contributed by atoms with van der Waals surface area (Å²) in [5, 5.41) is 0.320. The molecule has 0 bridgehead atoms. The number of fused-ring (bicyclic) bond motifs is 1. The predicted octanol–water partition coefficient (Wildman–Crippen LogP) is 3.92. The van der Waals surface area contributed by atoms with E-state index in [2.05, 4.69) is 0 Å². The Morgan fingerprint density at radius 2 is 1.92 bits per heavy atom. The van der Waals surface area contributed by atoms with Gasteiger partial charge in [0.15, 0.2) is 0 Å². The summed E-state index contributed by atoms with van der Waals surface area (Å²) in [5.74, 6) is -0.500. The molecule has 0 saturated carbocycles. The van der Waals surface area contributed by atoms with Crippen molar-refractivity contribution in [1.82, 2.24) is 0 Å². The molecule has 0 nitrogen and oxygen atoms in total. The summed E-state index contributed by atoms with van der Waals surface area (Å²) in [6.45, 7) is 0. The summed E-state index contributed by atoms with van der Waals surface area (Å²) in [7, 11) is 0. The van der Waals surface area contributed by atoms with E-state index in [1.165, 1.54) is 11.3 Å². The Balaban J connectivity index is 2.80. The lowest BCUT2D eigenvalue weighted by molar-refractivity contribution is 0.619. The second kappa shape index (κ2) is 3.24. The zero-order chi connectivity index (χ0) is 9.42. The van der Waals surface area contributed by atoms with Gasteiger partial charge in [0.05, 0.1) is 10.6 Å². The molecule has 2 rings (SSSR count). The van der Waals surface area contributed by atoms with Crippen molar-refractivity contribution in [1.29, 1.82) is 0 Å². The number of benzene rings is 1. The van der Waals surface area contributed by atoms with Gasteiger partial charge >= 0.3 is 0 Å². The summed E-state index contributed by atoms with van der Waals surface area (Å²) >= 11 is 6.76. The lowest BCUT2D eigenvalue weighted by atomic mass is 10.2. The second-order valence-corrected chi connectivity index (χ2v) is 4.02. The minimum atomic E-state index is -0.399. The number of hydrogen-bond donors (Lipinski definition) is 0. The van der Waals surface area contributed by atoms with Crippen molar-refractivity contribution in [3.05, 3.63) is 34.7 Å². The van der Waals surface area contributed by atoms with E-state index in [0.29, 0.717) is 10.1 Å².